The van der Waals surface area contributed by atoms with Gasteiger partial charge >= 0.3 is 5.97 Å². The third-order valence-corrected chi connectivity index (χ3v) is 2.81. The number of nitrogens with one attached hydrogen (secondary N) is 2. The molecule has 0 atom stereocenters. The van der Waals surface area contributed by atoms with Crippen molar-refractivity contribution in [1.82, 2.24) is 4.98 Å². The highest BCUT2D eigenvalue weighted by Gasteiger charge is 2.20. The molecular formula is C13H22N4O2. The molecule has 0 saturated carbocycles. The van der Waals surface area contributed by atoms with Crippen LogP contribution in [0.15, 0.2) is 0 Å². The van der Waals surface area contributed by atoms with Gasteiger partial charge < -0.3 is 21.5 Å². The van der Waals surface area contributed by atoms with Crippen molar-refractivity contribution in [3.05, 3.63) is 11.3 Å². The molecule has 106 valence electrons. The summed E-state index contributed by atoms with van der Waals surface area (Å²) in [4.78, 5) is 15.6. The SMILES string of the molecule is CCCCNc1c(N)c(NCC)nc(C)c1C(=O)O. The number of unbranched alkanes of at least 4 members (excludes halogenated alkanes) is 1. The summed E-state index contributed by atoms with van der Waals surface area (Å²) < 4.78 is 0. The monoisotopic (exact) mass is 266 g/mol. The van der Waals surface area contributed by atoms with Crippen molar-refractivity contribution in [3.8, 4) is 0 Å². The standard InChI is InChI=1S/C13H22N4O2/c1-4-6-7-16-11-9(13(18)19)8(3)17-12(10(11)14)15-5-2/h4-7,14H2,1-3H3,(H,18,19)(H2,15,16,17). The summed E-state index contributed by atoms with van der Waals surface area (Å²) in [6.45, 7) is 7.05. The Morgan fingerprint density at radius 1 is 1.37 bits per heavy atom. The Bertz CT molecular complexity index is 460. The van der Waals surface area contributed by atoms with Gasteiger partial charge in [0.05, 0.1) is 17.1 Å². The number of aromatic nitrogens is 1. The molecule has 0 unspecified atom stereocenters. The van der Waals surface area contributed by atoms with Crippen molar-refractivity contribution in [2.24, 2.45) is 0 Å². The highest BCUT2D eigenvalue weighted by atomic mass is 16.4. The number of aromatic carboxylic acids is 1. The summed E-state index contributed by atoms with van der Waals surface area (Å²) >= 11 is 0. The summed E-state index contributed by atoms with van der Waals surface area (Å²) in [6, 6.07) is 0. The molecule has 6 nitrogen and oxygen atoms in total. The second kappa shape index (κ2) is 6.82. The average molecular weight is 266 g/mol. The number of nitrogens with zero attached hydrogens (tertiary/aromatic N) is 1. The first-order chi connectivity index (χ1) is 9.02. The van der Waals surface area contributed by atoms with Crippen molar-refractivity contribution < 1.29 is 9.90 Å². The van der Waals surface area contributed by atoms with Crippen molar-refractivity contribution >= 4 is 23.2 Å². The first-order valence-electron chi connectivity index (χ1n) is 6.53. The number of pyridine rings is 1. The van der Waals surface area contributed by atoms with Gasteiger partial charge in [-0.3, -0.25) is 0 Å². The smallest absolute Gasteiger partial charge is 0.339 e. The Labute approximate surface area is 113 Å². The fraction of sp³-hybridized carbons (Fsp3) is 0.538. The molecule has 1 heterocycles. The third-order valence-electron chi connectivity index (χ3n) is 2.81. The van der Waals surface area contributed by atoms with Gasteiger partial charge in [0.1, 0.15) is 5.56 Å². The highest BCUT2D eigenvalue weighted by molar-refractivity contribution is 6.00. The number of anilines is 3. The largest absolute Gasteiger partial charge is 0.478 e. The van der Waals surface area contributed by atoms with Gasteiger partial charge in [-0.2, -0.15) is 0 Å². The Hall–Kier alpha value is -1.98. The number of rotatable bonds is 7. The molecule has 0 aliphatic carbocycles. The first-order valence-corrected chi connectivity index (χ1v) is 6.53. The Kier molecular flexibility index (Phi) is 5.41. The van der Waals surface area contributed by atoms with Gasteiger partial charge in [0.15, 0.2) is 5.82 Å². The lowest BCUT2D eigenvalue weighted by Gasteiger charge is -2.17. The molecule has 1 aromatic rings. The Balaban J connectivity index is 3.22. The van der Waals surface area contributed by atoms with E-state index in [4.69, 9.17) is 5.73 Å². The number of hydrogen-bond acceptors (Lipinski definition) is 5. The van der Waals surface area contributed by atoms with Crippen LogP contribution >= 0.6 is 0 Å². The first kappa shape index (κ1) is 15.1. The predicted octanol–water partition coefficient (Wildman–Crippen LogP) is 2.31. The van der Waals surface area contributed by atoms with Crippen LogP contribution in [0.2, 0.25) is 0 Å². The summed E-state index contributed by atoms with van der Waals surface area (Å²) in [5.74, 6) is -0.484. The molecule has 19 heavy (non-hydrogen) atoms. The zero-order valence-electron chi connectivity index (χ0n) is 11.7. The number of carboxylic acids is 1. The molecule has 1 aromatic heterocycles. The molecule has 6 heteroatoms. The molecule has 0 aromatic carbocycles. The van der Waals surface area contributed by atoms with Crippen molar-refractivity contribution in [2.75, 3.05) is 29.5 Å². The maximum absolute atomic E-state index is 11.3. The lowest BCUT2D eigenvalue weighted by Crippen LogP contribution is -2.15. The van der Waals surface area contributed by atoms with Gasteiger partial charge in [-0.1, -0.05) is 13.3 Å². The number of nitrogen functional groups attached to an aromatic ring is 1. The van der Waals surface area contributed by atoms with E-state index in [1.54, 1.807) is 6.92 Å². The fourth-order valence-corrected chi connectivity index (χ4v) is 1.86. The number of nitrogens with two attached hydrogens (primary N) is 1. The second-order valence-electron chi connectivity index (χ2n) is 4.33. The van der Waals surface area contributed by atoms with E-state index in [1.165, 1.54) is 0 Å². The minimum absolute atomic E-state index is 0.148. The average Bonchev–Trinajstić information content (AvgIpc) is 2.34. The molecule has 0 aliphatic rings. The van der Waals surface area contributed by atoms with Crippen LogP contribution in [0.25, 0.3) is 0 Å². The molecule has 0 fully saturated rings. The van der Waals surface area contributed by atoms with Crippen molar-refractivity contribution in [3.63, 3.8) is 0 Å². The maximum atomic E-state index is 11.3. The molecule has 0 bridgehead atoms. The van der Waals surface area contributed by atoms with Gasteiger partial charge in [0, 0.05) is 13.1 Å². The Morgan fingerprint density at radius 2 is 2.05 bits per heavy atom. The van der Waals surface area contributed by atoms with E-state index in [2.05, 4.69) is 22.5 Å². The number of carbonyl (C=O) groups is 1. The minimum atomic E-state index is -1.02. The quantitative estimate of drug-likeness (QED) is 0.565. The zero-order valence-corrected chi connectivity index (χ0v) is 11.7. The summed E-state index contributed by atoms with van der Waals surface area (Å²) in [7, 11) is 0. The molecule has 1 rings (SSSR count). The summed E-state index contributed by atoms with van der Waals surface area (Å²) in [5.41, 5.74) is 7.44. The molecule has 0 amide bonds. The predicted molar refractivity (Wildman–Crippen MR) is 77.9 cm³/mol. The van der Waals surface area contributed by atoms with Crippen LogP contribution in [0.5, 0.6) is 0 Å². The molecule has 0 radical (unpaired) electrons. The minimum Gasteiger partial charge on any atom is -0.478 e. The fourth-order valence-electron chi connectivity index (χ4n) is 1.86. The van der Waals surface area contributed by atoms with Gasteiger partial charge in [-0.15, -0.1) is 0 Å². The summed E-state index contributed by atoms with van der Waals surface area (Å²) in [5, 5.41) is 15.5. The zero-order chi connectivity index (χ0) is 14.4. The number of hydrogen-bond donors (Lipinski definition) is 4. The van der Waals surface area contributed by atoms with E-state index in [0.29, 0.717) is 36.0 Å². The van der Waals surface area contributed by atoms with E-state index in [9.17, 15) is 9.90 Å². The lowest BCUT2D eigenvalue weighted by molar-refractivity contribution is 0.0696. The van der Waals surface area contributed by atoms with Crippen LogP contribution < -0.4 is 16.4 Å². The van der Waals surface area contributed by atoms with Crippen molar-refractivity contribution in [1.29, 1.82) is 0 Å². The summed E-state index contributed by atoms with van der Waals surface area (Å²) in [6.07, 6.45) is 1.98. The van der Waals surface area contributed by atoms with Crippen LogP contribution in [-0.2, 0) is 0 Å². The highest BCUT2D eigenvalue weighted by Crippen LogP contribution is 2.31. The molecule has 0 spiro atoms. The van der Waals surface area contributed by atoms with E-state index >= 15 is 0 Å². The van der Waals surface area contributed by atoms with Crippen molar-refractivity contribution in [2.45, 2.75) is 33.6 Å². The van der Waals surface area contributed by atoms with Crippen LogP contribution in [0, 0.1) is 6.92 Å². The van der Waals surface area contributed by atoms with Crippen LogP contribution in [0.1, 0.15) is 42.7 Å². The van der Waals surface area contributed by atoms with Gasteiger partial charge in [0.2, 0.25) is 0 Å². The number of aryl methyl sites for hydroxylation is 1. The van der Waals surface area contributed by atoms with Gasteiger partial charge in [-0.05, 0) is 20.3 Å². The topological polar surface area (TPSA) is 100 Å². The van der Waals surface area contributed by atoms with Gasteiger partial charge in [0.25, 0.3) is 0 Å². The molecule has 0 saturated heterocycles. The van der Waals surface area contributed by atoms with E-state index in [-0.39, 0.29) is 5.56 Å². The van der Waals surface area contributed by atoms with E-state index in [0.717, 1.165) is 12.8 Å². The maximum Gasteiger partial charge on any atom is 0.339 e. The van der Waals surface area contributed by atoms with Crippen LogP contribution in [0.3, 0.4) is 0 Å². The van der Waals surface area contributed by atoms with Crippen LogP contribution in [-0.4, -0.2) is 29.1 Å². The third kappa shape index (κ3) is 3.49. The van der Waals surface area contributed by atoms with E-state index in [1.807, 2.05) is 6.92 Å². The number of carboxylic acid groups (broad SMARTS) is 1. The lowest BCUT2D eigenvalue weighted by atomic mass is 10.1. The van der Waals surface area contributed by atoms with E-state index < -0.39 is 5.97 Å². The molecule has 5 N–H and O–H groups in total. The molecule has 0 aliphatic heterocycles. The van der Waals surface area contributed by atoms with Crippen LogP contribution in [0.4, 0.5) is 17.2 Å². The molecular weight excluding hydrogens is 244 g/mol. The van der Waals surface area contributed by atoms with Gasteiger partial charge in [-0.25, -0.2) is 9.78 Å². The normalized spacial score (nSPS) is 10.3. The second-order valence-corrected chi connectivity index (χ2v) is 4.33. The Morgan fingerprint density at radius 3 is 2.58 bits per heavy atom.